The van der Waals surface area contributed by atoms with E-state index in [-0.39, 0.29) is 24.7 Å². The third kappa shape index (κ3) is 1.68. The molecule has 2 fully saturated rings. The molecule has 1 aliphatic carbocycles. The van der Waals surface area contributed by atoms with E-state index in [0.717, 1.165) is 19.4 Å². The number of rotatable bonds is 1. The lowest BCUT2D eigenvalue weighted by Crippen LogP contribution is -2.61. The zero-order chi connectivity index (χ0) is 8.82. The van der Waals surface area contributed by atoms with Crippen molar-refractivity contribution in [3.05, 3.63) is 0 Å². The van der Waals surface area contributed by atoms with Gasteiger partial charge in [0.1, 0.15) is 0 Å². The number of hydrogen-bond donors (Lipinski definition) is 1. The van der Waals surface area contributed by atoms with Gasteiger partial charge in [-0.05, 0) is 38.6 Å². The topological polar surface area (TPSA) is 12.0 Å². The van der Waals surface area contributed by atoms with Crippen LogP contribution in [0.4, 0.5) is 8.78 Å². The third-order valence-electron chi connectivity index (χ3n) is 3.31. The molecular formula is C9H16ClF2N. The van der Waals surface area contributed by atoms with Gasteiger partial charge in [-0.15, -0.1) is 12.4 Å². The van der Waals surface area contributed by atoms with Crippen molar-refractivity contribution in [1.29, 1.82) is 0 Å². The summed E-state index contributed by atoms with van der Waals surface area (Å²) in [6.07, 6.45) is 2.61. The minimum Gasteiger partial charge on any atom is -0.306 e. The average molecular weight is 212 g/mol. The predicted octanol–water partition coefficient (Wildman–Crippen LogP) is 2.60. The van der Waals surface area contributed by atoms with Gasteiger partial charge in [0.15, 0.2) is 0 Å². The quantitative estimate of drug-likeness (QED) is 0.703. The number of nitrogens with one attached hydrogen (secondary N) is 1. The molecule has 78 valence electrons. The molecule has 1 N–H and O–H groups in total. The van der Waals surface area contributed by atoms with Crippen LogP contribution in [-0.4, -0.2) is 18.0 Å². The maximum Gasteiger partial charge on any atom is 0.265 e. The minimum atomic E-state index is -2.49. The second kappa shape index (κ2) is 3.35. The largest absolute Gasteiger partial charge is 0.306 e. The molecule has 0 amide bonds. The van der Waals surface area contributed by atoms with Crippen molar-refractivity contribution in [2.75, 3.05) is 6.54 Å². The van der Waals surface area contributed by atoms with E-state index in [4.69, 9.17) is 0 Å². The van der Waals surface area contributed by atoms with E-state index in [1.54, 1.807) is 6.92 Å². The van der Waals surface area contributed by atoms with Gasteiger partial charge in [-0.2, -0.15) is 0 Å². The van der Waals surface area contributed by atoms with Crippen LogP contribution in [0.5, 0.6) is 0 Å². The second-order valence-electron chi connectivity index (χ2n) is 4.21. The Hall–Kier alpha value is 0.110. The fourth-order valence-corrected chi connectivity index (χ4v) is 2.15. The fraction of sp³-hybridized carbons (Fsp3) is 1.00. The Bertz CT molecular complexity index is 194. The molecule has 0 aromatic carbocycles. The van der Waals surface area contributed by atoms with Crippen LogP contribution < -0.4 is 5.32 Å². The van der Waals surface area contributed by atoms with Crippen molar-refractivity contribution in [3.8, 4) is 0 Å². The highest BCUT2D eigenvalue weighted by Crippen LogP contribution is 2.50. The van der Waals surface area contributed by atoms with Crippen molar-refractivity contribution in [2.45, 2.75) is 44.1 Å². The van der Waals surface area contributed by atoms with Crippen LogP contribution in [0.15, 0.2) is 0 Å². The normalized spacial score (nSPS) is 38.1. The smallest absolute Gasteiger partial charge is 0.265 e. The van der Waals surface area contributed by atoms with Crippen molar-refractivity contribution in [2.24, 2.45) is 5.92 Å². The molecule has 0 aromatic rings. The molecule has 1 atom stereocenters. The summed E-state index contributed by atoms with van der Waals surface area (Å²) in [5.41, 5.74) is -0.898. The van der Waals surface area contributed by atoms with Crippen molar-refractivity contribution in [1.82, 2.24) is 5.32 Å². The van der Waals surface area contributed by atoms with E-state index < -0.39 is 11.5 Å². The Morgan fingerprint density at radius 3 is 2.38 bits per heavy atom. The van der Waals surface area contributed by atoms with Crippen molar-refractivity contribution >= 4 is 12.4 Å². The molecule has 2 rings (SSSR count). The second-order valence-corrected chi connectivity index (χ2v) is 4.21. The van der Waals surface area contributed by atoms with Gasteiger partial charge < -0.3 is 5.32 Å². The van der Waals surface area contributed by atoms with Gasteiger partial charge in [-0.25, -0.2) is 8.78 Å². The van der Waals surface area contributed by atoms with Crippen molar-refractivity contribution < 1.29 is 8.78 Å². The first kappa shape index (κ1) is 11.2. The summed E-state index contributed by atoms with van der Waals surface area (Å²) in [6, 6.07) is 0. The van der Waals surface area contributed by atoms with Gasteiger partial charge in [0, 0.05) is 6.42 Å². The first-order valence-corrected chi connectivity index (χ1v) is 4.69. The van der Waals surface area contributed by atoms with Gasteiger partial charge >= 0.3 is 0 Å². The van der Waals surface area contributed by atoms with E-state index in [2.05, 4.69) is 5.32 Å². The Labute approximate surface area is 83.7 Å². The van der Waals surface area contributed by atoms with Crippen LogP contribution >= 0.6 is 12.4 Å². The number of alkyl halides is 2. The molecular weight excluding hydrogens is 196 g/mol. The zero-order valence-electron chi connectivity index (χ0n) is 7.78. The summed E-state index contributed by atoms with van der Waals surface area (Å²) in [7, 11) is 0. The maximum atomic E-state index is 13.5. The number of halogens is 3. The first-order valence-electron chi connectivity index (χ1n) is 4.69. The molecule has 0 radical (unpaired) electrons. The molecule has 0 bridgehead atoms. The molecule has 1 aliphatic heterocycles. The van der Waals surface area contributed by atoms with Crippen LogP contribution in [0.1, 0.15) is 32.6 Å². The third-order valence-corrected chi connectivity index (χ3v) is 3.31. The molecule has 1 heterocycles. The number of piperidine rings is 1. The zero-order valence-corrected chi connectivity index (χ0v) is 8.59. The Kier molecular flexibility index (Phi) is 2.89. The van der Waals surface area contributed by atoms with E-state index in [1.807, 2.05) is 0 Å². The minimum absolute atomic E-state index is 0. The summed E-state index contributed by atoms with van der Waals surface area (Å²) >= 11 is 0. The molecule has 1 unspecified atom stereocenters. The molecule has 13 heavy (non-hydrogen) atoms. The Morgan fingerprint density at radius 2 is 1.92 bits per heavy atom. The van der Waals surface area contributed by atoms with E-state index in [1.165, 1.54) is 0 Å². The summed E-state index contributed by atoms with van der Waals surface area (Å²) in [5, 5.41) is 3.00. The monoisotopic (exact) mass is 211 g/mol. The average Bonchev–Trinajstić information content (AvgIpc) is 2.77. The summed E-state index contributed by atoms with van der Waals surface area (Å²) in [6.45, 7) is 2.44. The van der Waals surface area contributed by atoms with Gasteiger partial charge in [0.05, 0.1) is 5.54 Å². The van der Waals surface area contributed by atoms with Crippen LogP contribution in [0.2, 0.25) is 0 Å². The Morgan fingerprint density at radius 1 is 1.31 bits per heavy atom. The van der Waals surface area contributed by atoms with Gasteiger partial charge in [0.2, 0.25) is 0 Å². The summed E-state index contributed by atoms with van der Waals surface area (Å²) < 4.78 is 27.0. The van der Waals surface area contributed by atoms with Gasteiger partial charge in [0.25, 0.3) is 5.92 Å². The van der Waals surface area contributed by atoms with Crippen molar-refractivity contribution in [3.63, 3.8) is 0 Å². The number of hydrogen-bond acceptors (Lipinski definition) is 1. The van der Waals surface area contributed by atoms with E-state index in [9.17, 15) is 8.78 Å². The highest BCUT2D eigenvalue weighted by Gasteiger charge is 2.58. The highest BCUT2D eigenvalue weighted by atomic mass is 35.5. The van der Waals surface area contributed by atoms with Crippen LogP contribution in [0.3, 0.4) is 0 Å². The molecule has 4 heteroatoms. The highest BCUT2D eigenvalue weighted by molar-refractivity contribution is 5.85. The lowest BCUT2D eigenvalue weighted by Gasteiger charge is -2.42. The van der Waals surface area contributed by atoms with Gasteiger partial charge in [-0.3, -0.25) is 0 Å². The predicted molar refractivity (Wildman–Crippen MR) is 50.6 cm³/mol. The lowest BCUT2D eigenvalue weighted by atomic mass is 9.82. The summed E-state index contributed by atoms with van der Waals surface area (Å²) in [4.78, 5) is 0. The maximum absolute atomic E-state index is 13.5. The lowest BCUT2D eigenvalue weighted by molar-refractivity contribution is -0.115. The first-order chi connectivity index (χ1) is 5.56. The molecule has 1 nitrogen and oxygen atoms in total. The fourth-order valence-electron chi connectivity index (χ4n) is 2.15. The SMILES string of the molecule is CC1(C2CC2)NCCCC1(F)F.Cl. The van der Waals surface area contributed by atoms with Gasteiger partial charge in [-0.1, -0.05) is 0 Å². The molecule has 1 saturated heterocycles. The van der Waals surface area contributed by atoms with Crippen LogP contribution in [0.25, 0.3) is 0 Å². The van der Waals surface area contributed by atoms with E-state index in [0.29, 0.717) is 6.42 Å². The molecule has 1 saturated carbocycles. The van der Waals surface area contributed by atoms with Crippen LogP contribution in [-0.2, 0) is 0 Å². The van der Waals surface area contributed by atoms with Crippen LogP contribution in [0, 0.1) is 5.92 Å². The molecule has 0 spiro atoms. The molecule has 0 aromatic heterocycles. The molecule has 2 aliphatic rings. The standard InChI is InChI=1S/C9H15F2N.ClH/c1-8(7-3-4-7)9(10,11)5-2-6-12-8;/h7,12H,2-6H2,1H3;1H. The Balaban J connectivity index is 0.000000845. The summed E-state index contributed by atoms with van der Waals surface area (Å²) in [5.74, 6) is -2.28. The van der Waals surface area contributed by atoms with E-state index >= 15 is 0 Å².